The van der Waals surface area contributed by atoms with Gasteiger partial charge in [-0.25, -0.2) is 0 Å². The summed E-state index contributed by atoms with van der Waals surface area (Å²) < 4.78 is 24.3. The van der Waals surface area contributed by atoms with Gasteiger partial charge in [-0.05, 0) is 12.1 Å². The summed E-state index contributed by atoms with van der Waals surface area (Å²) in [6.07, 6.45) is 0. The van der Waals surface area contributed by atoms with Crippen LogP contribution in [0.15, 0.2) is 22.9 Å². The minimum absolute atomic E-state index is 0.00545. The van der Waals surface area contributed by atoms with Crippen LogP contribution in [0.2, 0.25) is 0 Å². The molecule has 2 aliphatic rings. The second kappa shape index (κ2) is 6.71. The van der Waals surface area contributed by atoms with Gasteiger partial charge in [-0.1, -0.05) is 27.7 Å². The molecule has 154 valence electrons. The molecule has 7 heteroatoms. The third-order valence-corrected chi connectivity index (χ3v) is 7.00. The van der Waals surface area contributed by atoms with Crippen molar-refractivity contribution < 1.29 is 18.9 Å². The van der Waals surface area contributed by atoms with Crippen molar-refractivity contribution >= 4 is 22.7 Å². The molecule has 0 fully saturated rings. The molecule has 29 heavy (non-hydrogen) atoms. The van der Waals surface area contributed by atoms with Gasteiger partial charge in [0.05, 0.1) is 47.6 Å². The standard InChI is InChI=1S/C22H25NO4S2/c1-21(2)9-24-15-7-28-19(17(15)26-11-21)13-5-6-14(23-13)20-18-16(8-29-20)25-10-22(3,4)12-27-18/h5-8,23H,9-12H2,1-4H3. The van der Waals surface area contributed by atoms with Crippen LogP contribution < -0.4 is 18.9 Å². The Kier molecular flexibility index (Phi) is 4.37. The lowest BCUT2D eigenvalue weighted by atomic mass is 9.97. The number of aromatic nitrogens is 1. The highest BCUT2D eigenvalue weighted by atomic mass is 32.1. The van der Waals surface area contributed by atoms with E-state index in [1.54, 1.807) is 22.7 Å². The molecule has 0 spiro atoms. The van der Waals surface area contributed by atoms with Crippen molar-refractivity contribution in [3.8, 4) is 44.1 Å². The molecule has 0 radical (unpaired) electrons. The van der Waals surface area contributed by atoms with Crippen LogP contribution in [0.1, 0.15) is 27.7 Å². The molecule has 5 heterocycles. The third kappa shape index (κ3) is 3.51. The normalized spacial score (nSPS) is 19.4. The van der Waals surface area contributed by atoms with Crippen LogP contribution >= 0.6 is 22.7 Å². The zero-order valence-corrected chi connectivity index (χ0v) is 18.7. The van der Waals surface area contributed by atoms with Crippen LogP contribution in [0, 0.1) is 10.8 Å². The van der Waals surface area contributed by atoms with Crippen molar-refractivity contribution in [2.75, 3.05) is 26.4 Å². The van der Waals surface area contributed by atoms with E-state index in [0.717, 1.165) is 44.1 Å². The monoisotopic (exact) mass is 431 g/mol. The summed E-state index contributed by atoms with van der Waals surface area (Å²) in [4.78, 5) is 5.67. The Morgan fingerprint density at radius 1 is 0.690 bits per heavy atom. The maximum absolute atomic E-state index is 6.14. The molecule has 2 aliphatic heterocycles. The molecule has 5 nitrogen and oxygen atoms in total. The first kappa shape index (κ1) is 18.9. The van der Waals surface area contributed by atoms with Gasteiger partial charge in [-0.2, -0.15) is 0 Å². The first-order valence-corrected chi connectivity index (χ1v) is 11.5. The molecule has 0 bridgehead atoms. The average molecular weight is 432 g/mol. The van der Waals surface area contributed by atoms with Gasteiger partial charge in [0.25, 0.3) is 0 Å². The molecule has 0 amide bonds. The van der Waals surface area contributed by atoms with E-state index in [1.807, 2.05) is 10.8 Å². The van der Waals surface area contributed by atoms with E-state index in [-0.39, 0.29) is 10.8 Å². The second-order valence-electron chi connectivity index (χ2n) is 9.29. The number of hydrogen-bond acceptors (Lipinski definition) is 6. The Hall–Kier alpha value is -2.12. The van der Waals surface area contributed by atoms with E-state index in [0.29, 0.717) is 26.4 Å². The summed E-state index contributed by atoms with van der Waals surface area (Å²) in [5.41, 5.74) is 2.03. The lowest BCUT2D eigenvalue weighted by Crippen LogP contribution is -2.26. The van der Waals surface area contributed by atoms with Gasteiger partial charge in [-0.3, -0.25) is 0 Å². The van der Waals surface area contributed by atoms with Gasteiger partial charge in [0, 0.05) is 21.6 Å². The van der Waals surface area contributed by atoms with Gasteiger partial charge in [0.1, 0.15) is 0 Å². The summed E-state index contributed by atoms with van der Waals surface area (Å²) in [6.45, 7) is 11.2. The van der Waals surface area contributed by atoms with Crippen molar-refractivity contribution in [2.24, 2.45) is 10.8 Å². The fourth-order valence-corrected chi connectivity index (χ4v) is 5.16. The molecule has 0 atom stereocenters. The molecule has 0 aromatic carbocycles. The van der Waals surface area contributed by atoms with E-state index in [2.05, 4.69) is 44.8 Å². The number of aromatic amines is 1. The van der Waals surface area contributed by atoms with Crippen molar-refractivity contribution in [2.45, 2.75) is 27.7 Å². The number of rotatable bonds is 2. The smallest absolute Gasteiger partial charge is 0.181 e. The molecule has 5 rings (SSSR count). The molecule has 3 aromatic rings. The highest BCUT2D eigenvalue weighted by molar-refractivity contribution is 7.14. The van der Waals surface area contributed by atoms with Crippen molar-refractivity contribution in [1.82, 2.24) is 4.98 Å². The van der Waals surface area contributed by atoms with E-state index in [9.17, 15) is 0 Å². The Labute approximate surface area is 178 Å². The number of thiophene rings is 2. The number of ether oxygens (including phenoxy) is 4. The SMILES string of the molecule is CC1(C)COc2csc(-c3ccc(-c4scc5c4OCC(C)(C)CO5)[nH]3)c2OC1. The summed E-state index contributed by atoms with van der Waals surface area (Å²) in [5.74, 6) is 3.33. The number of hydrogen-bond donors (Lipinski definition) is 1. The lowest BCUT2D eigenvalue weighted by Gasteiger charge is -2.20. The molecule has 0 saturated heterocycles. The van der Waals surface area contributed by atoms with Crippen molar-refractivity contribution in [3.05, 3.63) is 22.9 Å². The highest BCUT2D eigenvalue weighted by Gasteiger charge is 2.30. The van der Waals surface area contributed by atoms with E-state index in [1.165, 1.54) is 0 Å². The largest absolute Gasteiger partial charge is 0.488 e. The van der Waals surface area contributed by atoms with Gasteiger partial charge in [-0.15, -0.1) is 22.7 Å². The Morgan fingerprint density at radius 2 is 1.10 bits per heavy atom. The van der Waals surface area contributed by atoms with E-state index < -0.39 is 0 Å². The van der Waals surface area contributed by atoms with E-state index >= 15 is 0 Å². The summed E-state index contributed by atoms with van der Waals surface area (Å²) in [5, 5.41) is 4.06. The average Bonchev–Trinajstić information content (AvgIpc) is 3.35. The number of fused-ring (bicyclic) bond motifs is 2. The second-order valence-corrected chi connectivity index (χ2v) is 11.0. The number of H-pyrrole nitrogens is 1. The van der Waals surface area contributed by atoms with Gasteiger partial charge in [0.15, 0.2) is 23.0 Å². The zero-order chi connectivity index (χ0) is 20.2. The van der Waals surface area contributed by atoms with Crippen LogP contribution in [-0.2, 0) is 0 Å². The van der Waals surface area contributed by atoms with Crippen LogP contribution in [-0.4, -0.2) is 31.4 Å². The van der Waals surface area contributed by atoms with Gasteiger partial charge in [0.2, 0.25) is 0 Å². The van der Waals surface area contributed by atoms with Crippen LogP contribution in [0.5, 0.6) is 23.0 Å². The molecular weight excluding hydrogens is 406 g/mol. The summed E-state index contributed by atoms with van der Waals surface area (Å²) >= 11 is 3.27. The Bertz CT molecular complexity index is 963. The van der Waals surface area contributed by atoms with Gasteiger partial charge >= 0.3 is 0 Å². The maximum Gasteiger partial charge on any atom is 0.181 e. The summed E-state index contributed by atoms with van der Waals surface area (Å²) in [7, 11) is 0. The third-order valence-electron chi connectivity index (χ3n) is 5.05. The lowest BCUT2D eigenvalue weighted by molar-refractivity contribution is 0.140. The van der Waals surface area contributed by atoms with Crippen LogP contribution in [0.4, 0.5) is 0 Å². The van der Waals surface area contributed by atoms with Crippen LogP contribution in [0.3, 0.4) is 0 Å². The molecule has 0 saturated carbocycles. The molecule has 0 unspecified atom stereocenters. The molecule has 3 aromatic heterocycles. The quantitative estimate of drug-likeness (QED) is 0.535. The van der Waals surface area contributed by atoms with E-state index in [4.69, 9.17) is 18.9 Å². The fraction of sp³-hybridized carbons (Fsp3) is 0.455. The summed E-state index contributed by atoms with van der Waals surface area (Å²) in [6, 6.07) is 4.18. The van der Waals surface area contributed by atoms with Crippen molar-refractivity contribution in [1.29, 1.82) is 0 Å². The molecular formula is C22H25NO4S2. The highest BCUT2D eigenvalue weighted by Crippen LogP contribution is 2.49. The molecule has 0 aliphatic carbocycles. The first-order chi connectivity index (χ1) is 13.8. The topological polar surface area (TPSA) is 52.7 Å². The first-order valence-electron chi connectivity index (χ1n) is 9.75. The Morgan fingerprint density at radius 3 is 1.55 bits per heavy atom. The zero-order valence-electron chi connectivity index (χ0n) is 17.1. The molecule has 1 N–H and O–H groups in total. The Balaban J connectivity index is 1.46. The predicted molar refractivity (Wildman–Crippen MR) is 117 cm³/mol. The van der Waals surface area contributed by atoms with Crippen LogP contribution in [0.25, 0.3) is 21.1 Å². The van der Waals surface area contributed by atoms with Crippen molar-refractivity contribution in [3.63, 3.8) is 0 Å². The minimum Gasteiger partial charge on any atom is -0.488 e. The predicted octanol–water partition coefficient (Wildman–Crippen LogP) is 6.07. The fourth-order valence-electron chi connectivity index (χ4n) is 3.33. The number of nitrogens with one attached hydrogen (secondary N) is 1. The van der Waals surface area contributed by atoms with Gasteiger partial charge < -0.3 is 23.9 Å². The maximum atomic E-state index is 6.14. The minimum atomic E-state index is -0.00545.